The molecule has 22 nitrogen and oxygen atoms in total. The van der Waals surface area contributed by atoms with Crippen LogP contribution >= 0.6 is 0 Å². The Morgan fingerprint density at radius 2 is 0.530 bits per heavy atom. The minimum Gasteiger partial charge on any atom is -0.493 e. The molecule has 0 unspecified atom stereocenters. The molecule has 4 aromatic rings. The summed E-state index contributed by atoms with van der Waals surface area (Å²) in [5.41, 5.74) is -1.52. The van der Waals surface area contributed by atoms with Crippen molar-refractivity contribution in [2.45, 2.75) is 13.8 Å². The highest BCUT2D eigenvalue weighted by Crippen LogP contribution is 2.56. The summed E-state index contributed by atoms with van der Waals surface area (Å²) in [5.74, 6) is -5.16. The second kappa shape index (κ2) is 24.6. The van der Waals surface area contributed by atoms with Crippen LogP contribution in [0.2, 0.25) is 0 Å². The van der Waals surface area contributed by atoms with Gasteiger partial charge in [-0.2, -0.15) is 0 Å². The Balaban J connectivity index is 0.000000403. The van der Waals surface area contributed by atoms with Crippen molar-refractivity contribution in [3.8, 4) is 91.2 Å². The Morgan fingerprint density at radius 1 is 0.348 bits per heavy atom. The van der Waals surface area contributed by atoms with Crippen LogP contribution in [0.25, 0.3) is 22.3 Å². The summed E-state index contributed by atoms with van der Waals surface area (Å²) in [7, 11) is 15.9. The molecule has 0 aliphatic carbocycles. The molecule has 66 heavy (non-hydrogen) atoms. The Bertz CT molecular complexity index is 2100. The van der Waals surface area contributed by atoms with Gasteiger partial charge < -0.3 is 82.0 Å². The molecule has 0 bridgehead atoms. The summed E-state index contributed by atoms with van der Waals surface area (Å²) < 4.78 is 68.4. The van der Waals surface area contributed by atoms with Gasteiger partial charge in [0, 0.05) is 29.2 Å². The second-order valence-corrected chi connectivity index (χ2v) is 12.4. The monoisotopic (exact) mass is 932 g/mol. The van der Waals surface area contributed by atoms with Gasteiger partial charge in [-0.05, 0) is 31.2 Å². The van der Waals surface area contributed by atoms with Crippen LogP contribution in [0.3, 0.4) is 0 Å². The van der Waals surface area contributed by atoms with Gasteiger partial charge in [0.25, 0.3) is 0 Å². The van der Waals surface area contributed by atoms with Gasteiger partial charge in [0.1, 0.15) is 0 Å². The van der Waals surface area contributed by atoms with Gasteiger partial charge in [0.15, 0.2) is 46.0 Å². The van der Waals surface area contributed by atoms with Crippen molar-refractivity contribution in [3.63, 3.8) is 0 Å². The number of aromatic carboxylic acids is 4. The maximum absolute atomic E-state index is 12.1. The third-order valence-electron chi connectivity index (χ3n) is 9.09. The molecule has 4 N–H and O–H groups in total. The first-order valence-corrected chi connectivity index (χ1v) is 18.8. The number of rotatable bonds is 19. The molecule has 0 spiro atoms. The minimum absolute atomic E-state index is 0.0535. The molecule has 0 aliphatic rings. The van der Waals surface area contributed by atoms with E-state index in [2.05, 4.69) is 4.74 Å². The first-order chi connectivity index (χ1) is 31.4. The summed E-state index contributed by atoms with van der Waals surface area (Å²) in [6.07, 6.45) is 0. The molecule has 0 fully saturated rings. The third kappa shape index (κ3) is 11.1. The van der Waals surface area contributed by atoms with Gasteiger partial charge >= 0.3 is 29.8 Å². The molecule has 4 aromatic carbocycles. The summed E-state index contributed by atoms with van der Waals surface area (Å²) in [6.45, 7) is 3.65. The third-order valence-corrected chi connectivity index (χ3v) is 9.09. The SMILES string of the molecule is CCOC(C)=O.COc1cc(C(=O)O)c(-c2c(C(=O)O)cc(OC)c(OC)c2OC)c(OC)c1OC.COc1cc(C(=O)O)c(-c2c(C(=O)O)cc(OC)c(OC)c2OC)c(OC)c1OC. The van der Waals surface area contributed by atoms with Crippen LogP contribution in [-0.4, -0.2) is 142 Å². The number of carbonyl (C=O) groups excluding carboxylic acids is 1. The van der Waals surface area contributed by atoms with Gasteiger partial charge in [-0.25, -0.2) is 19.2 Å². The molecule has 22 heteroatoms. The number of hydrogen-bond donors (Lipinski definition) is 4. The van der Waals surface area contributed by atoms with E-state index < -0.39 is 23.9 Å². The van der Waals surface area contributed by atoms with Crippen molar-refractivity contribution < 1.29 is 106 Å². The normalized spacial score (nSPS) is 9.97. The standard InChI is InChI=1S/2C20H22O10.C4H8O2/c2*1-25-11-7-9(19(21)22)13(17(29-5)15(11)27-3)14-10(20(23)24)8-12(26-2)16(28-4)18(14)30-6;1-3-6-4(2)5/h2*7-8H,1-6H3,(H,21,22)(H,23,24);3H2,1-2H3. The summed E-state index contributed by atoms with van der Waals surface area (Å²) >= 11 is 0. The van der Waals surface area contributed by atoms with E-state index in [4.69, 9.17) is 56.8 Å². The van der Waals surface area contributed by atoms with E-state index in [1.807, 2.05) is 0 Å². The molecular weight excluding hydrogens is 880 g/mol. The number of hydrogen-bond acceptors (Lipinski definition) is 18. The van der Waals surface area contributed by atoms with Crippen molar-refractivity contribution >= 4 is 29.8 Å². The van der Waals surface area contributed by atoms with Crippen molar-refractivity contribution in [3.05, 3.63) is 46.5 Å². The average Bonchev–Trinajstić information content (AvgIpc) is 3.30. The van der Waals surface area contributed by atoms with Crippen LogP contribution < -0.4 is 56.8 Å². The second-order valence-electron chi connectivity index (χ2n) is 12.4. The van der Waals surface area contributed by atoms with Crippen LogP contribution in [-0.2, 0) is 9.53 Å². The van der Waals surface area contributed by atoms with E-state index in [1.165, 1.54) is 117 Å². The summed E-state index contributed by atoms with van der Waals surface area (Å²) in [6, 6.07) is 4.84. The molecule has 0 aliphatic heterocycles. The van der Waals surface area contributed by atoms with E-state index in [0.717, 1.165) is 0 Å². The van der Waals surface area contributed by atoms with Gasteiger partial charge in [-0.15, -0.1) is 0 Å². The van der Waals surface area contributed by atoms with E-state index in [0.29, 0.717) is 6.61 Å². The zero-order valence-corrected chi connectivity index (χ0v) is 38.7. The fourth-order valence-electron chi connectivity index (χ4n) is 6.50. The Labute approximate surface area is 378 Å². The number of methoxy groups -OCH3 is 12. The van der Waals surface area contributed by atoms with Crippen molar-refractivity contribution in [1.82, 2.24) is 0 Å². The maximum Gasteiger partial charge on any atom is 0.336 e. The summed E-state index contributed by atoms with van der Waals surface area (Å²) in [4.78, 5) is 58.2. The van der Waals surface area contributed by atoms with Gasteiger partial charge in [0.2, 0.25) is 23.0 Å². The van der Waals surface area contributed by atoms with E-state index in [1.54, 1.807) is 6.92 Å². The lowest BCUT2D eigenvalue weighted by molar-refractivity contribution is -0.140. The average molecular weight is 933 g/mol. The van der Waals surface area contributed by atoms with Crippen LogP contribution in [0.5, 0.6) is 69.0 Å². The van der Waals surface area contributed by atoms with Crippen LogP contribution in [0, 0.1) is 0 Å². The fourth-order valence-corrected chi connectivity index (χ4v) is 6.50. The van der Waals surface area contributed by atoms with Crippen molar-refractivity contribution in [2.24, 2.45) is 0 Å². The lowest BCUT2D eigenvalue weighted by Crippen LogP contribution is -2.10. The maximum atomic E-state index is 12.1. The van der Waals surface area contributed by atoms with Crippen LogP contribution in [0.15, 0.2) is 24.3 Å². The lowest BCUT2D eigenvalue weighted by Gasteiger charge is -2.22. The number of carbonyl (C=O) groups is 5. The largest absolute Gasteiger partial charge is 0.493 e. The molecule has 0 heterocycles. The molecule has 0 aromatic heterocycles. The minimum atomic E-state index is -1.35. The molecule has 360 valence electrons. The number of carboxylic acids is 4. The predicted octanol–water partition coefficient (Wildman–Crippen LogP) is 6.17. The Morgan fingerprint density at radius 3 is 0.621 bits per heavy atom. The van der Waals surface area contributed by atoms with E-state index >= 15 is 0 Å². The van der Waals surface area contributed by atoms with Gasteiger partial charge in [0.05, 0.1) is 114 Å². The predicted molar refractivity (Wildman–Crippen MR) is 233 cm³/mol. The number of ether oxygens (including phenoxy) is 13. The molecule has 4 rings (SSSR count). The highest BCUT2D eigenvalue weighted by molar-refractivity contribution is 6.09. The molecule has 0 atom stereocenters. The van der Waals surface area contributed by atoms with Crippen LogP contribution in [0.1, 0.15) is 55.3 Å². The highest BCUT2D eigenvalue weighted by atomic mass is 16.6. The lowest BCUT2D eigenvalue weighted by atomic mass is 9.91. The number of carboxylic acid groups (broad SMARTS) is 4. The molecular formula is C44H52O22. The quantitative estimate of drug-likeness (QED) is 0.0764. The Hall–Kier alpha value is -8.17. The van der Waals surface area contributed by atoms with E-state index in [9.17, 15) is 44.4 Å². The summed E-state index contributed by atoms with van der Waals surface area (Å²) in [5, 5.41) is 39.4. The van der Waals surface area contributed by atoms with Crippen LogP contribution in [0.4, 0.5) is 0 Å². The number of esters is 1. The number of benzene rings is 4. The zero-order chi connectivity index (χ0) is 50.2. The molecule has 0 saturated carbocycles. The van der Waals surface area contributed by atoms with Crippen molar-refractivity contribution in [2.75, 3.05) is 91.9 Å². The highest BCUT2D eigenvalue weighted by Gasteiger charge is 2.35. The Kier molecular flexibility index (Phi) is 20.1. The zero-order valence-electron chi connectivity index (χ0n) is 38.7. The van der Waals surface area contributed by atoms with Gasteiger partial charge in [-0.3, -0.25) is 4.79 Å². The van der Waals surface area contributed by atoms with E-state index in [-0.39, 0.29) is 119 Å². The topological polar surface area (TPSA) is 286 Å². The first kappa shape index (κ1) is 54.0. The molecule has 0 radical (unpaired) electrons. The first-order valence-electron chi connectivity index (χ1n) is 18.8. The smallest absolute Gasteiger partial charge is 0.336 e. The van der Waals surface area contributed by atoms with Gasteiger partial charge in [-0.1, -0.05) is 0 Å². The molecule has 0 saturated heterocycles. The fraction of sp³-hybridized carbons (Fsp3) is 0.341. The molecule has 0 amide bonds. The van der Waals surface area contributed by atoms with Crippen molar-refractivity contribution in [1.29, 1.82) is 0 Å².